The fraction of sp³-hybridized carbons (Fsp3) is 0.348. The molecule has 0 saturated heterocycles. The SMILES string of the molecule is COc1ccc(C(=O)C2=CCCCCc3c2cc(OC)c(OC)c3OC)c(O)c1O. The van der Waals surface area contributed by atoms with Gasteiger partial charge in [-0.3, -0.25) is 4.79 Å². The average molecular weight is 414 g/mol. The molecule has 3 rings (SSSR count). The standard InChI is InChI=1S/C23H26O7/c1-27-17-11-10-15(20(25)21(17)26)19(24)13-8-6-5-7-9-14-16(13)12-18(28-2)23(30-4)22(14)29-3/h8,10-12,25-26H,5-7,9H2,1-4H3. The summed E-state index contributed by atoms with van der Waals surface area (Å²) in [5.41, 5.74) is 1.89. The van der Waals surface area contributed by atoms with E-state index in [9.17, 15) is 15.0 Å². The maximum absolute atomic E-state index is 13.5. The smallest absolute Gasteiger partial charge is 0.203 e. The molecule has 0 unspecified atom stereocenters. The number of allylic oxidation sites excluding steroid dienone is 2. The summed E-state index contributed by atoms with van der Waals surface area (Å²) < 4.78 is 21.6. The van der Waals surface area contributed by atoms with Crippen molar-refractivity contribution in [2.24, 2.45) is 0 Å². The maximum Gasteiger partial charge on any atom is 0.203 e. The lowest BCUT2D eigenvalue weighted by Gasteiger charge is -2.22. The predicted molar refractivity (Wildman–Crippen MR) is 112 cm³/mol. The number of rotatable bonds is 6. The molecule has 0 fully saturated rings. The van der Waals surface area contributed by atoms with Crippen molar-refractivity contribution in [2.75, 3.05) is 28.4 Å². The third-order valence-electron chi connectivity index (χ3n) is 5.28. The van der Waals surface area contributed by atoms with E-state index >= 15 is 0 Å². The largest absolute Gasteiger partial charge is 0.504 e. The van der Waals surface area contributed by atoms with Crippen molar-refractivity contribution in [1.82, 2.24) is 0 Å². The quantitative estimate of drug-likeness (QED) is 0.542. The molecule has 0 saturated carbocycles. The number of hydrogen-bond donors (Lipinski definition) is 2. The van der Waals surface area contributed by atoms with Crippen molar-refractivity contribution in [1.29, 1.82) is 0 Å². The van der Waals surface area contributed by atoms with Gasteiger partial charge in [0.15, 0.2) is 28.8 Å². The van der Waals surface area contributed by atoms with Crippen LogP contribution in [0.5, 0.6) is 34.5 Å². The third kappa shape index (κ3) is 3.63. The van der Waals surface area contributed by atoms with Crippen molar-refractivity contribution in [3.8, 4) is 34.5 Å². The van der Waals surface area contributed by atoms with Crippen LogP contribution in [0.2, 0.25) is 0 Å². The van der Waals surface area contributed by atoms with Crippen molar-refractivity contribution in [3.63, 3.8) is 0 Å². The second-order valence-corrected chi connectivity index (χ2v) is 6.88. The number of aromatic hydroxyl groups is 2. The van der Waals surface area contributed by atoms with Crippen LogP contribution in [0.3, 0.4) is 0 Å². The first-order chi connectivity index (χ1) is 14.5. The number of carbonyl (C=O) groups is 1. The van der Waals surface area contributed by atoms with E-state index in [0.717, 1.165) is 18.4 Å². The summed E-state index contributed by atoms with van der Waals surface area (Å²) >= 11 is 0. The van der Waals surface area contributed by atoms with Crippen LogP contribution in [-0.4, -0.2) is 44.4 Å². The van der Waals surface area contributed by atoms with Crippen molar-refractivity contribution >= 4 is 11.4 Å². The Balaban J connectivity index is 2.22. The van der Waals surface area contributed by atoms with Gasteiger partial charge in [0.2, 0.25) is 11.5 Å². The molecule has 2 aromatic carbocycles. The Morgan fingerprint density at radius 3 is 2.20 bits per heavy atom. The highest BCUT2D eigenvalue weighted by Crippen LogP contribution is 2.46. The van der Waals surface area contributed by atoms with Crippen LogP contribution in [0.4, 0.5) is 0 Å². The molecule has 2 aromatic rings. The summed E-state index contributed by atoms with van der Waals surface area (Å²) in [7, 11) is 5.98. The van der Waals surface area contributed by atoms with Gasteiger partial charge < -0.3 is 29.2 Å². The second-order valence-electron chi connectivity index (χ2n) is 6.88. The highest BCUT2D eigenvalue weighted by Gasteiger charge is 2.28. The van der Waals surface area contributed by atoms with Crippen molar-refractivity contribution < 1.29 is 34.0 Å². The monoisotopic (exact) mass is 414 g/mol. The van der Waals surface area contributed by atoms with Gasteiger partial charge in [-0.2, -0.15) is 0 Å². The van der Waals surface area contributed by atoms with Crippen LogP contribution in [0.15, 0.2) is 24.3 Å². The summed E-state index contributed by atoms with van der Waals surface area (Å²) in [4.78, 5) is 13.5. The molecule has 2 N–H and O–H groups in total. The second kappa shape index (κ2) is 8.98. The molecule has 0 amide bonds. The summed E-state index contributed by atoms with van der Waals surface area (Å²) in [5.74, 6) is 0.114. The highest BCUT2D eigenvalue weighted by atomic mass is 16.5. The summed E-state index contributed by atoms with van der Waals surface area (Å²) in [6.45, 7) is 0. The lowest BCUT2D eigenvalue weighted by atomic mass is 9.86. The zero-order valence-corrected chi connectivity index (χ0v) is 17.6. The number of phenolic OH excluding ortho intramolecular Hbond substituents is 2. The predicted octanol–water partition coefficient (Wildman–Crippen LogP) is 4.12. The molecule has 0 bridgehead atoms. The van der Waals surface area contributed by atoms with Crippen molar-refractivity contribution in [2.45, 2.75) is 25.7 Å². The molecule has 1 aliphatic rings. The van der Waals surface area contributed by atoms with E-state index in [1.807, 2.05) is 6.08 Å². The summed E-state index contributed by atoms with van der Waals surface area (Å²) in [6.07, 6.45) is 5.08. The van der Waals surface area contributed by atoms with Gasteiger partial charge >= 0.3 is 0 Å². The highest BCUT2D eigenvalue weighted by molar-refractivity contribution is 6.30. The lowest BCUT2D eigenvalue weighted by molar-refractivity contribution is 0.105. The van der Waals surface area contributed by atoms with Crippen molar-refractivity contribution in [3.05, 3.63) is 41.0 Å². The Bertz CT molecular complexity index is 992. The normalized spacial score (nSPS) is 13.4. The molecule has 1 aliphatic carbocycles. The number of Topliss-reactive ketones (excluding diaryl/α,β-unsaturated/α-hetero) is 1. The minimum Gasteiger partial charge on any atom is -0.504 e. The first-order valence-electron chi connectivity index (χ1n) is 9.64. The van der Waals surface area contributed by atoms with Gasteiger partial charge in [0.1, 0.15) is 0 Å². The average Bonchev–Trinajstić information content (AvgIpc) is 2.74. The van der Waals surface area contributed by atoms with E-state index in [-0.39, 0.29) is 11.3 Å². The number of phenols is 2. The number of hydrogen-bond acceptors (Lipinski definition) is 7. The van der Waals surface area contributed by atoms with Crippen LogP contribution < -0.4 is 18.9 Å². The molecule has 30 heavy (non-hydrogen) atoms. The molecule has 160 valence electrons. The Kier molecular flexibility index (Phi) is 6.40. The van der Waals surface area contributed by atoms with Crippen LogP contribution in [0, 0.1) is 0 Å². The van der Waals surface area contributed by atoms with Gasteiger partial charge in [0.25, 0.3) is 0 Å². The van der Waals surface area contributed by atoms with E-state index in [0.29, 0.717) is 41.2 Å². The van der Waals surface area contributed by atoms with E-state index in [1.54, 1.807) is 13.2 Å². The summed E-state index contributed by atoms with van der Waals surface area (Å²) in [6, 6.07) is 4.64. The topological polar surface area (TPSA) is 94.5 Å². The van der Waals surface area contributed by atoms with Gasteiger partial charge in [-0.1, -0.05) is 6.08 Å². The number of benzene rings is 2. The Morgan fingerprint density at radius 1 is 0.867 bits per heavy atom. The fourth-order valence-electron chi connectivity index (χ4n) is 3.78. The first kappa shape index (κ1) is 21.4. The Hall–Kier alpha value is -3.35. The molecular formula is C23H26O7. The van der Waals surface area contributed by atoms with Crippen LogP contribution in [-0.2, 0) is 6.42 Å². The van der Waals surface area contributed by atoms with E-state index in [4.69, 9.17) is 18.9 Å². The Labute approximate surface area is 175 Å². The number of carbonyl (C=O) groups excluding carboxylic acids is 1. The zero-order valence-electron chi connectivity index (χ0n) is 17.6. The molecule has 0 heterocycles. The molecule has 0 atom stereocenters. The molecular weight excluding hydrogens is 388 g/mol. The molecule has 0 spiro atoms. The zero-order chi connectivity index (χ0) is 21.8. The van der Waals surface area contributed by atoms with Gasteiger partial charge in [-0.25, -0.2) is 0 Å². The van der Waals surface area contributed by atoms with Gasteiger partial charge in [-0.15, -0.1) is 0 Å². The Morgan fingerprint density at radius 2 is 1.57 bits per heavy atom. The molecule has 0 aromatic heterocycles. The van der Waals surface area contributed by atoms with Crippen LogP contribution in [0.25, 0.3) is 5.57 Å². The van der Waals surface area contributed by atoms with Gasteiger partial charge in [0.05, 0.1) is 34.0 Å². The molecule has 0 aliphatic heterocycles. The van der Waals surface area contributed by atoms with E-state index in [2.05, 4.69) is 0 Å². The minimum atomic E-state index is -0.517. The van der Waals surface area contributed by atoms with Crippen LogP contribution in [0.1, 0.15) is 40.7 Å². The number of fused-ring (bicyclic) bond motifs is 1. The number of ketones is 1. The number of ether oxygens (including phenoxy) is 4. The maximum atomic E-state index is 13.5. The van der Waals surface area contributed by atoms with Crippen LogP contribution >= 0.6 is 0 Å². The number of methoxy groups -OCH3 is 4. The van der Waals surface area contributed by atoms with Gasteiger partial charge in [-0.05, 0) is 49.4 Å². The van der Waals surface area contributed by atoms with Gasteiger partial charge in [0, 0.05) is 11.1 Å². The lowest BCUT2D eigenvalue weighted by Crippen LogP contribution is -2.10. The third-order valence-corrected chi connectivity index (χ3v) is 5.28. The van der Waals surface area contributed by atoms with E-state index in [1.165, 1.54) is 33.5 Å². The first-order valence-corrected chi connectivity index (χ1v) is 9.64. The molecule has 7 heteroatoms. The fourth-order valence-corrected chi connectivity index (χ4v) is 3.78. The summed E-state index contributed by atoms with van der Waals surface area (Å²) in [5, 5.41) is 20.6. The minimum absolute atomic E-state index is 0.0141. The molecule has 0 radical (unpaired) electrons. The van der Waals surface area contributed by atoms with E-state index < -0.39 is 17.3 Å². The molecule has 7 nitrogen and oxygen atoms in total.